The van der Waals surface area contributed by atoms with Crippen LogP contribution in [0.3, 0.4) is 0 Å². The minimum absolute atomic E-state index is 0.0273. The van der Waals surface area contributed by atoms with Crippen molar-refractivity contribution < 1.29 is 8.42 Å². The van der Waals surface area contributed by atoms with E-state index in [1.165, 1.54) is 6.42 Å². The molecular formula is C10H11NO2SSe. The fourth-order valence-electron chi connectivity index (χ4n) is 1.85. The molecule has 0 spiro atoms. The average molecular weight is 288 g/mol. The fraction of sp³-hybridized carbons (Fsp3) is 0.400. The summed E-state index contributed by atoms with van der Waals surface area (Å²) in [6, 6.07) is 7.66. The molecule has 1 saturated carbocycles. The van der Waals surface area contributed by atoms with Gasteiger partial charge in [0.15, 0.2) is 0 Å². The van der Waals surface area contributed by atoms with Crippen molar-refractivity contribution >= 4 is 29.7 Å². The molecule has 3 nitrogen and oxygen atoms in total. The number of nitrogens with zero attached hydrogens (tertiary/aromatic N) is 1. The molecule has 1 fully saturated rings. The van der Waals surface area contributed by atoms with Gasteiger partial charge < -0.3 is 0 Å². The fourth-order valence-corrected chi connectivity index (χ4v) is 7.50. The number of hydrogen-bond donors (Lipinski definition) is 0. The Kier molecular flexibility index (Phi) is 2.18. The first-order chi connectivity index (χ1) is 7.19. The van der Waals surface area contributed by atoms with Crippen LogP contribution in [0, 0.1) is 0 Å². The molecule has 3 rings (SSSR count). The molecule has 80 valence electrons. The van der Waals surface area contributed by atoms with Crippen molar-refractivity contribution in [2.24, 2.45) is 0 Å². The van der Waals surface area contributed by atoms with Gasteiger partial charge in [0.05, 0.1) is 0 Å². The van der Waals surface area contributed by atoms with E-state index in [-0.39, 0.29) is 21.2 Å². The van der Waals surface area contributed by atoms with Crippen molar-refractivity contribution in [1.82, 2.24) is 3.32 Å². The maximum atomic E-state index is 12.2. The van der Waals surface area contributed by atoms with E-state index < -0.39 is 10.0 Å². The topological polar surface area (TPSA) is 37.4 Å². The van der Waals surface area contributed by atoms with Gasteiger partial charge in [0, 0.05) is 0 Å². The van der Waals surface area contributed by atoms with Crippen molar-refractivity contribution in [3.63, 3.8) is 0 Å². The van der Waals surface area contributed by atoms with Crippen LogP contribution in [-0.4, -0.2) is 33.0 Å². The first-order valence-corrected chi connectivity index (χ1v) is 8.07. The molecule has 1 aromatic rings. The molecule has 1 aromatic carbocycles. The van der Waals surface area contributed by atoms with Gasteiger partial charge in [-0.15, -0.1) is 0 Å². The Labute approximate surface area is 95.9 Å². The maximum absolute atomic E-state index is 12.2. The zero-order valence-corrected chi connectivity index (χ0v) is 10.6. The summed E-state index contributed by atoms with van der Waals surface area (Å²) in [4.78, 5) is 0.539. The normalized spacial score (nSPS) is 24.8. The molecule has 1 aliphatic carbocycles. The molecule has 0 bridgehead atoms. The Bertz CT molecular complexity index is 496. The molecule has 2 aliphatic rings. The number of sulfonamides is 1. The summed E-state index contributed by atoms with van der Waals surface area (Å²) in [6.45, 7) is 0. The first kappa shape index (κ1) is 9.85. The standard InChI is InChI=1S/C10H11NO2SSe/c12-14(13)9-6-1-2-7-10(9)15-11(14)8-4-3-5-8/h1-2,6-8H,3-5H2. The second kappa shape index (κ2) is 3.32. The van der Waals surface area contributed by atoms with Crippen LogP contribution in [-0.2, 0) is 10.0 Å². The monoisotopic (exact) mass is 289 g/mol. The van der Waals surface area contributed by atoms with Crippen molar-refractivity contribution in [2.45, 2.75) is 30.2 Å². The Morgan fingerprint density at radius 3 is 2.60 bits per heavy atom. The van der Waals surface area contributed by atoms with Gasteiger partial charge in [0.25, 0.3) is 0 Å². The van der Waals surface area contributed by atoms with Gasteiger partial charge in [-0.05, 0) is 0 Å². The zero-order valence-electron chi connectivity index (χ0n) is 8.09. The number of benzene rings is 1. The second-order valence-electron chi connectivity index (χ2n) is 3.88. The third kappa shape index (κ3) is 1.38. The van der Waals surface area contributed by atoms with Gasteiger partial charge in [-0.2, -0.15) is 0 Å². The van der Waals surface area contributed by atoms with E-state index in [9.17, 15) is 8.42 Å². The first-order valence-electron chi connectivity index (χ1n) is 5.01. The quantitative estimate of drug-likeness (QED) is 0.705. The third-order valence-corrected chi connectivity index (χ3v) is 8.69. The molecule has 0 atom stereocenters. The van der Waals surface area contributed by atoms with Gasteiger partial charge in [0.1, 0.15) is 0 Å². The molecule has 0 aromatic heterocycles. The van der Waals surface area contributed by atoms with Crippen molar-refractivity contribution in [2.75, 3.05) is 0 Å². The van der Waals surface area contributed by atoms with Crippen LogP contribution >= 0.6 is 0 Å². The molecule has 5 heteroatoms. The predicted octanol–water partition coefficient (Wildman–Crippen LogP) is 0.488. The molecule has 0 unspecified atom stereocenters. The summed E-state index contributed by atoms with van der Waals surface area (Å²) < 4.78 is 27.1. The second-order valence-corrected chi connectivity index (χ2v) is 8.32. The van der Waals surface area contributed by atoms with Crippen LogP contribution in [0.5, 0.6) is 0 Å². The van der Waals surface area contributed by atoms with Gasteiger partial charge >= 0.3 is 95.9 Å². The van der Waals surface area contributed by atoms with Crippen LogP contribution in [0.25, 0.3) is 0 Å². The van der Waals surface area contributed by atoms with E-state index in [1.807, 2.05) is 12.1 Å². The van der Waals surface area contributed by atoms with E-state index in [4.69, 9.17) is 0 Å². The van der Waals surface area contributed by atoms with Crippen LogP contribution in [0.2, 0.25) is 0 Å². The molecule has 0 amide bonds. The van der Waals surface area contributed by atoms with Gasteiger partial charge in [-0.1, -0.05) is 0 Å². The Morgan fingerprint density at radius 1 is 1.27 bits per heavy atom. The summed E-state index contributed by atoms with van der Waals surface area (Å²) in [7, 11) is -3.15. The molecular weight excluding hydrogens is 277 g/mol. The van der Waals surface area contributed by atoms with E-state index in [0.717, 1.165) is 17.3 Å². The van der Waals surface area contributed by atoms with Crippen LogP contribution < -0.4 is 4.46 Å². The molecule has 15 heavy (non-hydrogen) atoms. The molecule has 0 radical (unpaired) electrons. The molecule has 0 N–H and O–H groups in total. The Morgan fingerprint density at radius 2 is 2.00 bits per heavy atom. The van der Waals surface area contributed by atoms with Crippen molar-refractivity contribution in [3.05, 3.63) is 24.3 Å². The summed E-state index contributed by atoms with van der Waals surface area (Å²) in [5, 5.41) is 0. The van der Waals surface area contributed by atoms with Crippen molar-refractivity contribution in [1.29, 1.82) is 0 Å². The minimum atomic E-state index is -3.15. The van der Waals surface area contributed by atoms with E-state index >= 15 is 0 Å². The van der Waals surface area contributed by atoms with Crippen LogP contribution in [0.1, 0.15) is 19.3 Å². The van der Waals surface area contributed by atoms with Crippen LogP contribution in [0.4, 0.5) is 0 Å². The third-order valence-electron chi connectivity index (χ3n) is 2.93. The Hall–Kier alpha value is -0.351. The van der Waals surface area contributed by atoms with Crippen LogP contribution in [0.15, 0.2) is 29.2 Å². The molecule has 1 aliphatic heterocycles. The van der Waals surface area contributed by atoms with E-state index in [2.05, 4.69) is 0 Å². The predicted molar refractivity (Wildman–Crippen MR) is 58.5 cm³/mol. The number of rotatable bonds is 1. The Balaban J connectivity index is 2.06. The SMILES string of the molecule is O=S1(=O)c2ccccc2[Se]N1C1CCC1. The molecule has 1 heterocycles. The summed E-state index contributed by atoms with van der Waals surface area (Å²) in [5.41, 5.74) is 0. The average Bonchev–Trinajstić information content (AvgIpc) is 2.38. The van der Waals surface area contributed by atoms with Crippen molar-refractivity contribution in [3.8, 4) is 0 Å². The number of fused-ring (bicyclic) bond motifs is 1. The number of hydrogen-bond acceptors (Lipinski definition) is 2. The summed E-state index contributed by atoms with van der Waals surface area (Å²) in [5.74, 6) is 0. The van der Waals surface area contributed by atoms with E-state index in [1.54, 1.807) is 15.5 Å². The summed E-state index contributed by atoms with van der Waals surface area (Å²) in [6.07, 6.45) is 3.24. The van der Waals surface area contributed by atoms with Gasteiger partial charge in [-0.25, -0.2) is 0 Å². The zero-order chi connectivity index (χ0) is 10.5. The van der Waals surface area contributed by atoms with E-state index in [0.29, 0.717) is 4.90 Å². The molecule has 0 saturated heterocycles. The van der Waals surface area contributed by atoms with Gasteiger partial charge in [-0.3, -0.25) is 0 Å². The summed E-state index contributed by atoms with van der Waals surface area (Å²) >= 11 is -0.0273. The van der Waals surface area contributed by atoms with Gasteiger partial charge in [0.2, 0.25) is 0 Å².